The monoisotopic (exact) mass is 151 g/mol. The van der Waals surface area contributed by atoms with Gasteiger partial charge in [0.1, 0.15) is 0 Å². The third-order valence-electron chi connectivity index (χ3n) is 4.71. The van der Waals surface area contributed by atoms with Gasteiger partial charge in [-0.2, -0.15) is 0 Å². The van der Waals surface area contributed by atoms with E-state index in [0.29, 0.717) is 6.04 Å². The van der Waals surface area contributed by atoms with Crippen molar-refractivity contribution in [2.45, 2.75) is 32.2 Å². The van der Waals surface area contributed by atoms with Gasteiger partial charge in [-0.15, -0.1) is 0 Å². The summed E-state index contributed by atoms with van der Waals surface area (Å²) in [6, 6.07) is 0.565. The summed E-state index contributed by atoms with van der Waals surface area (Å²) in [7, 11) is 0. The molecule has 0 spiro atoms. The van der Waals surface area contributed by atoms with Gasteiger partial charge in [-0.25, -0.2) is 0 Å². The Labute approximate surface area is 68.3 Å². The zero-order valence-corrected chi connectivity index (χ0v) is 7.16. The quantitative estimate of drug-likeness (QED) is 0.559. The van der Waals surface area contributed by atoms with Gasteiger partial charge in [0, 0.05) is 6.04 Å². The summed E-state index contributed by atoms with van der Waals surface area (Å²) in [5, 5.41) is 0. The second-order valence-corrected chi connectivity index (χ2v) is 4.92. The van der Waals surface area contributed by atoms with E-state index < -0.39 is 0 Å². The molecular weight excluding hydrogens is 134 g/mol. The first-order chi connectivity index (χ1) is 5.29. The molecular formula is C10H17N. The zero-order valence-electron chi connectivity index (χ0n) is 7.16. The predicted molar refractivity (Wildman–Crippen MR) is 45.0 cm³/mol. The average molecular weight is 151 g/mol. The van der Waals surface area contributed by atoms with Crippen molar-refractivity contribution in [3.8, 4) is 0 Å². The van der Waals surface area contributed by atoms with Crippen LogP contribution >= 0.6 is 0 Å². The highest BCUT2D eigenvalue weighted by Crippen LogP contribution is 2.62. The fourth-order valence-electron chi connectivity index (χ4n) is 4.19. The van der Waals surface area contributed by atoms with Gasteiger partial charge < -0.3 is 5.73 Å². The van der Waals surface area contributed by atoms with Crippen molar-refractivity contribution in [1.82, 2.24) is 0 Å². The van der Waals surface area contributed by atoms with Crippen molar-refractivity contribution in [3.05, 3.63) is 0 Å². The van der Waals surface area contributed by atoms with E-state index in [2.05, 4.69) is 6.92 Å². The molecule has 3 aliphatic rings. The molecule has 0 aliphatic heterocycles. The molecule has 6 unspecified atom stereocenters. The summed E-state index contributed by atoms with van der Waals surface area (Å²) in [5.74, 6) is 4.96. The van der Waals surface area contributed by atoms with Crippen LogP contribution in [0.2, 0.25) is 0 Å². The van der Waals surface area contributed by atoms with Crippen LogP contribution in [0.15, 0.2) is 0 Å². The Bertz CT molecular complexity index is 169. The maximum absolute atomic E-state index is 6.09. The maximum Gasteiger partial charge on any atom is 0.0101 e. The Kier molecular flexibility index (Phi) is 1.07. The van der Waals surface area contributed by atoms with E-state index in [-0.39, 0.29) is 0 Å². The zero-order chi connectivity index (χ0) is 7.59. The van der Waals surface area contributed by atoms with E-state index in [9.17, 15) is 0 Å². The summed E-state index contributed by atoms with van der Waals surface area (Å²) < 4.78 is 0. The molecule has 0 aromatic rings. The molecule has 2 N–H and O–H groups in total. The van der Waals surface area contributed by atoms with Crippen molar-refractivity contribution in [3.63, 3.8) is 0 Å². The SMILES string of the molecule is CC1C(N)C2C3CCC(C3)C12. The number of hydrogen-bond acceptors (Lipinski definition) is 1. The van der Waals surface area contributed by atoms with Crippen molar-refractivity contribution in [2.24, 2.45) is 35.3 Å². The van der Waals surface area contributed by atoms with Gasteiger partial charge in [-0.05, 0) is 48.9 Å². The number of rotatable bonds is 0. The smallest absolute Gasteiger partial charge is 0.0101 e. The molecule has 0 heterocycles. The number of hydrogen-bond donors (Lipinski definition) is 1. The van der Waals surface area contributed by atoms with Gasteiger partial charge >= 0.3 is 0 Å². The molecule has 1 nitrogen and oxygen atoms in total. The van der Waals surface area contributed by atoms with E-state index in [4.69, 9.17) is 5.73 Å². The molecule has 0 aromatic heterocycles. The second kappa shape index (κ2) is 1.82. The summed E-state index contributed by atoms with van der Waals surface area (Å²) >= 11 is 0. The van der Waals surface area contributed by atoms with Gasteiger partial charge in [0.2, 0.25) is 0 Å². The maximum atomic E-state index is 6.09. The minimum Gasteiger partial charge on any atom is -0.327 e. The number of fused-ring (bicyclic) bond motifs is 5. The lowest BCUT2D eigenvalue weighted by Gasteiger charge is -2.51. The fourth-order valence-corrected chi connectivity index (χ4v) is 4.19. The molecule has 0 aromatic carbocycles. The molecule has 62 valence electrons. The van der Waals surface area contributed by atoms with E-state index in [1.165, 1.54) is 19.3 Å². The van der Waals surface area contributed by atoms with Gasteiger partial charge in [0.15, 0.2) is 0 Å². The topological polar surface area (TPSA) is 26.0 Å². The van der Waals surface area contributed by atoms with Crippen LogP contribution in [0.25, 0.3) is 0 Å². The molecule has 2 bridgehead atoms. The van der Waals surface area contributed by atoms with Crippen LogP contribution in [0.5, 0.6) is 0 Å². The highest BCUT2D eigenvalue weighted by Gasteiger charge is 2.59. The summed E-state index contributed by atoms with van der Waals surface area (Å²) in [4.78, 5) is 0. The lowest BCUT2D eigenvalue weighted by molar-refractivity contribution is 0.00222. The second-order valence-electron chi connectivity index (χ2n) is 4.92. The lowest BCUT2D eigenvalue weighted by atomic mass is 9.56. The van der Waals surface area contributed by atoms with E-state index in [1.54, 1.807) is 0 Å². The first-order valence-corrected chi connectivity index (χ1v) is 5.04. The van der Waals surface area contributed by atoms with Crippen LogP contribution < -0.4 is 5.73 Å². The molecule has 0 radical (unpaired) electrons. The lowest BCUT2D eigenvalue weighted by Crippen LogP contribution is -2.57. The van der Waals surface area contributed by atoms with Crippen molar-refractivity contribution in [1.29, 1.82) is 0 Å². The van der Waals surface area contributed by atoms with Gasteiger partial charge in [0.25, 0.3) is 0 Å². The van der Waals surface area contributed by atoms with Gasteiger partial charge in [-0.1, -0.05) is 6.92 Å². The molecule has 6 atom stereocenters. The Morgan fingerprint density at radius 2 is 1.73 bits per heavy atom. The first-order valence-electron chi connectivity index (χ1n) is 5.04. The Balaban J connectivity index is 1.89. The van der Waals surface area contributed by atoms with Crippen LogP contribution in [0.1, 0.15) is 26.2 Å². The van der Waals surface area contributed by atoms with Crippen LogP contribution in [0, 0.1) is 29.6 Å². The molecule has 0 amide bonds. The molecule has 1 heteroatoms. The Morgan fingerprint density at radius 1 is 1.09 bits per heavy atom. The third kappa shape index (κ3) is 0.581. The molecule has 0 saturated heterocycles. The fraction of sp³-hybridized carbons (Fsp3) is 1.00. The van der Waals surface area contributed by atoms with Gasteiger partial charge in [-0.3, -0.25) is 0 Å². The predicted octanol–water partition coefficient (Wildman–Crippen LogP) is 1.63. The van der Waals surface area contributed by atoms with Crippen molar-refractivity contribution < 1.29 is 0 Å². The minimum absolute atomic E-state index is 0.565. The van der Waals surface area contributed by atoms with Crippen molar-refractivity contribution >= 4 is 0 Å². The molecule has 3 saturated carbocycles. The van der Waals surface area contributed by atoms with Crippen LogP contribution in [-0.2, 0) is 0 Å². The van der Waals surface area contributed by atoms with E-state index in [1.807, 2.05) is 0 Å². The van der Waals surface area contributed by atoms with E-state index in [0.717, 1.165) is 29.6 Å². The van der Waals surface area contributed by atoms with Crippen LogP contribution in [-0.4, -0.2) is 6.04 Å². The summed E-state index contributed by atoms with van der Waals surface area (Å²) in [6.07, 6.45) is 4.53. The first kappa shape index (κ1) is 6.47. The van der Waals surface area contributed by atoms with E-state index >= 15 is 0 Å². The van der Waals surface area contributed by atoms with Crippen molar-refractivity contribution in [2.75, 3.05) is 0 Å². The average Bonchev–Trinajstić information content (AvgIpc) is 2.58. The summed E-state index contributed by atoms with van der Waals surface area (Å²) in [5.41, 5.74) is 6.09. The minimum atomic E-state index is 0.565. The number of nitrogens with two attached hydrogens (primary N) is 1. The highest BCUT2D eigenvalue weighted by molar-refractivity contribution is 5.10. The standard InChI is InChI=1S/C10H17N/c1-5-8-6-2-3-7(4-6)9(8)10(5)11/h5-10H,2-4,11H2,1H3. The highest BCUT2D eigenvalue weighted by atomic mass is 14.8. The molecule has 3 fully saturated rings. The molecule has 3 aliphatic carbocycles. The molecule has 3 rings (SSSR count). The molecule has 11 heavy (non-hydrogen) atoms. The summed E-state index contributed by atoms with van der Waals surface area (Å²) in [6.45, 7) is 2.35. The normalized spacial score (nSPS) is 66.0. The van der Waals surface area contributed by atoms with Crippen LogP contribution in [0.3, 0.4) is 0 Å². The third-order valence-corrected chi connectivity index (χ3v) is 4.71. The Morgan fingerprint density at radius 3 is 2.36 bits per heavy atom. The van der Waals surface area contributed by atoms with Gasteiger partial charge in [0.05, 0.1) is 0 Å². The Hall–Kier alpha value is -0.0400. The largest absolute Gasteiger partial charge is 0.327 e. The van der Waals surface area contributed by atoms with Crippen LogP contribution in [0.4, 0.5) is 0 Å².